The molecular formula is C14H10Cl2O. The molecule has 0 bridgehead atoms. The second kappa shape index (κ2) is 5.35. The third-order valence-electron chi connectivity index (χ3n) is 2.60. The smallest absolute Gasteiger partial charge is 0.131 e. The van der Waals surface area contributed by atoms with Crippen LogP contribution in [-0.4, -0.2) is 6.29 Å². The van der Waals surface area contributed by atoms with Crippen LogP contribution in [0.25, 0.3) is 0 Å². The third-order valence-corrected chi connectivity index (χ3v) is 3.34. The van der Waals surface area contributed by atoms with Gasteiger partial charge in [-0.1, -0.05) is 59.6 Å². The van der Waals surface area contributed by atoms with Crippen LogP contribution in [0.4, 0.5) is 0 Å². The van der Waals surface area contributed by atoms with E-state index in [1.807, 2.05) is 36.4 Å². The highest BCUT2D eigenvalue weighted by atomic mass is 35.5. The second-order valence-corrected chi connectivity index (χ2v) is 4.51. The lowest BCUT2D eigenvalue weighted by Crippen LogP contribution is -2.02. The molecule has 0 fully saturated rings. The van der Waals surface area contributed by atoms with Crippen LogP contribution < -0.4 is 0 Å². The van der Waals surface area contributed by atoms with Crippen molar-refractivity contribution in [1.82, 2.24) is 0 Å². The Kier molecular flexibility index (Phi) is 3.82. The average Bonchev–Trinajstić information content (AvgIpc) is 2.36. The summed E-state index contributed by atoms with van der Waals surface area (Å²) in [5.74, 6) is -0.300. The lowest BCUT2D eigenvalue weighted by atomic mass is 9.93. The normalized spacial score (nSPS) is 12.1. The minimum absolute atomic E-state index is 0.300. The molecule has 17 heavy (non-hydrogen) atoms. The highest BCUT2D eigenvalue weighted by Crippen LogP contribution is 2.29. The maximum atomic E-state index is 11.2. The van der Waals surface area contributed by atoms with Crippen molar-refractivity contribution in [2.24, 2.45) is 0 Å². The van der Waals surface area contributed by atoms with E-state index in [9.17, 15) is 4.79 Å². The van der Waals surface area contributed by atoms with Crippen LogP contribution >= 0.6 is 23.2 Å². The van der Waals surface area contributed by atoms with Gasteiger partial charge >= 0.3 is 0 Å². The Hall–Kier alpha value is -1.31. The highest BCUT2D eigenvalue weighted by Gasteiger charge is 2.13. The van der Waals surface area contributed by atoms with Crippen LogP contribution in [0.3, 0.4) is 0 Å². The minimum Gasteiger partial charge on any atom is -0.302 e. The largest absolute Gasteiger partial charge is 0.302 e. The summed E-state index contributed by atoms with van der Waals surface area (Å²) in [6.45, 7) is 0. The molecule has 0 spiro atoms. The zero-order valence-corrected chi connectivity index (χ0v) is 10.4. The molecule has 0 saturated carbocycles. The van der Waals surface area contributed by atoms with Gasteiger partial charge in [-0.2, -0.15) is 0 Å². The van der Waals surface area contributed by atoms with Crippen molar-refractivity contribution in [3.63, 3.8) is 0 Å². The molecule has 0 aliphatic heterocycles. The zero-order chi connectivity index (χ0) is 12.3. The molecule has 0 aliphatic carbocycles. The van der Waals surface area contributed by atoms with Gasteiger partial charge in [0.15, 0.2) is 0 Å². The summed E-state index contributed by atoms with van der Waals surface area (Å²) in [4.78, 5) is 11.2. The van der Waals surface area contributed by atoms with Crippen molar-refractivity contribution < 1.29 is 4.79 Å². The Morgan fingerprint density at radius 3 is 2.18 bits per heavy atom. The highest BCUT2D eigenvalue weighted by molar-refractivity contribution is 6.42. The number of benzene rings is 2. The van der Waals surface area contributed by atoms with Crippen LogP contribution in [0, 0.1) is 0 Å². The number of aldehydes is 1. The number of carbonyl (C=O) groups excluding carboxylic acids is 1. The monoisotopic (exact) mass is 264 g/mol. The molecular weight excluding hydrogens is 255 g/mol. The quantitative estimate of drug-likeness (QED) is 0.755. The van der Waals surface area contributed by atoms with Gasteiger partial charge in [0.2, 0.25) is 0 Å². The van der Waals surface area contributed by atoms with Crippen LogP contribution in [-0.2, 0) is 4.79 Å². The summed E-state index contributed by atoms with van der Waals surface area (Å²) in [5.41, 5.74) is 1.79. The van der Waals surface area contributed by atoms with Crippen LogP contribution in [0.2, 0.25) is 10.0 Å². The van der Waals surface area contributed by atoms with Crippen molar-refractivity contribution in [1.29, 1.82) is 0 Å². The molecule has 1 atom stereocenters. The second-order valence-electron chi connectivity index (χ2n) is 3.70. The van der Waals surface area contributed by atoms with Crippen molar-refractivity contribution >= 4 is 29.5 Å². The number of hydrogen-bond donors (Lipinski definition) is 0. The Morgan fingerprint density at radius 1 is 0.882 bits per heavy atom. The Morgan fingerprint density at radius 2 is 1.59 bits per heavy atom. The van der Waals surface area contributed by atoms with Gasteiger partial charge in [-0.3, -0.25) is 0 Å². The van der Waals surface area contributed by atoms with Gasteiger partial charge in [-0.25, -0.2) is 0 Å². The number of rotatable bonds is 3. The Bertz CT molecular complexity index is 523. The molecule has 2 aromatic rings. The van der Waals surface area contributed by atoms with Crippen molar-refractivity contribution in [3.8, 4) is 0 Å². The molecule has 1 unspecified atom stereocenters. The lowest BCUT2D eigenvalue weighted by Gasteiger charge is -2.11. The number of halogens is 2. The fraction of sp³-hybridized carbons (Fsp3) is 0.0714. The van der Waals surface area contributed by atoms with Crippen molar-refractivity contribution in [3.05, 3.63) is 69.7 Å². The molecule has 0 N–H and O–H groups in total. The molecule has 0 aliphatic rings. The van der Waals surface area contributed by atoms with Gasteiger partial charge in [0.1, 0.15) is 6.29 Å². The molecule has 0 aromatic heterocycles. The molecule has 2 aromatic carbocycles. The Balaban J connectivity index is 2.42. The molecule has 0 saturated heterocycles. The van der Waals surface area contributed by atoms with E-state index in [2.05, 4.69) is 0 Å². The van der Waals surface area contributed by atoms with E-state index in [1.54, 1.807) is 12.1 Å². The van der Waals surface area contributed by atoms with Crippen LogP contribution in [0.5, 0.6) is 0 Å². The van der Waals surface area contributed by atoms with E-state index < -0.39 is 0 Å². The van der Waals surface area contributed by atoms with Gasteiger partial charge in [0.05, 0.1) is 16.0 Å². The molecule has 1 nitrogen and oxygen atoms in total. The molecule has 86 valence electrons. The first-order chi connectivity index (χ1) is 8.22. The van der Waals surface area contributed by atoms with Crippen molar-refractivity contribution in [2.45, 2.75) is 5.92 Å². The van der Waals surface area contributed by atoms with Gasteiger partial charge in [0, 0.05) is 0 Å². The lowest BCUT2D eigenvalue weighted by molar-refractivity contribution is -0.108. The molecule has 3 heteroatoms. The van der Waals surface area contributed by atoms with Gasteiger partial charge < -0.3 is 4.79 Å². The predicted octanol–water partition coefficient (Wildman–Crippen LogP) is 4.32. The number of carbonyl (C=O) groups is 1. The first-order valence-corrected chi connectivity index (χ1v) is 5.93. The van der Waals surface area contributed by atoms with Crippen LogP contribution in [0.1, 0.15) is 17.0 Å². The van der Waals surface area contributed by atoms with Gasteiger partial charge in [-0.05, 0) is 23.3 Å². The summed E-state index contributed by atoms with van der Waals surface area (Å²) >= 11 is 11.8. The zero-order valence-electron chi connectivity index (χ0n) is 8.94. The Labute approximate surface area is 110 Å². The van der Waals surface area contributed by atoms with E-state index in [-0.39, 0.29) is 5.92 Å². The minimum atomic E-state index is -0.300. The van der Waals surface area contributed by atoms with Gasteiger partial charge in [0.25, 0.3) is 0 Å². The van der Waals surface area contributed by atoms with E-state index in [4.69, 9.17) is 23.2 Å². The van der Waals surface area contributed by atoms with E-state index in [1.165, 1.54) is 0 Å². The van der Waals surface area contributed by atoms with Crippen LogP contribution in [0.15, 0.2) is 48.5 Å². The van der Waals surface area contributed by atoms with E-state index in [0.717, 1.165) is 17.4 Å². The number of hydrogen-bond acceptors (Lipinski definition) is 1. The van der Waals surface area contributed by atoms with Crippen molar-refractivity contribution in [2.75, 3.05) is 0 Å². The fourth-order valence-electron chi connectivity index (χ4n) is 1.72. The average molecular weight is 265 g/mol. The molecule has 2 rings (SSSR count). The fourth-order valence-corrected chi connectivity index (χ4v) is 2.02. The topological polar surface area (TPSA) is 17.1 Å². The summed E-state index contributed by atoms with van der Waals surface area (Å²) in [6.07, 6.45) is 0.912. The van der Waals surface area contributed by atoms with E-state index in [0.29, 0.717) is 10.0 Å². The first-order valence-electron chi connectivity index (χ1n) is 5.17. The standard InChI is InChI=1S/C14H10Cl2O/c15-13-7-6-11(8-14(13)16)12(9-17)10-4-2-1-3-5-10/h1-9,12H. The summed E-state index contributed by atoms with van der Waals surface area (Å²) in [5, 5.41) is 0.958. The molecule has 0 radical (unpaired) electrons. The summed E-state index contributed by atoms with van der Waals surface area (Å²) in [6, 6.07) is 14.8. The third kappa shape index (κ3) is 2.68. The maximum absolute atomic E-state index is 11.2. The van der Waals surface area contributed by atoms with Gasteiger partial charge in [-0.15, -0.1) is 0 Å². The predicted molar refractivity (Wildman–Crippen MR) is 70.8 cm³/mol. The first kappa shape index (κ1) is 12.2. The van der Waals surface area contributed by atoms with E-state index >= 15 is 0 Å². The molecule has 0 amide bonds. The summed E-state index contributed by atoms with van der Waals surface area (Å²) < 4.78 is 0. The SMILES string of the molecule is O=CC(c1ccccc1)c1ccc(Cl)c(Cl)c1. The summed E-state index contributed by atoms with van der Waals surface area (Å²) in [7, 11) is 0. The molecule has 0 heterocycles. The maximum Gasteiger partial charge on any atom is 0.131 e.